The van der Waals surface area contributed by atoms with Crippen molar-refractivity contribution in [2.45, 2.75) is 76.2 Å². The van der Waals surface area contributed by atoms with Crippen molar-refractivity contribution in [3.05, 3.63) is 29.3 Å². The van der Waals surface area contributed by atoms with Gasteiger partial charge in [-0.25, -0.2) is 0 Å². The van der Waals surface area contributed by atoms with Gasteiger partial charge in [-0.05, 0) is 67.8 Å². The summed E-state index contributed by atoms with van der Waals surface area (Å²) in [5.41, 5.74) is 3.32. The molecule has 4 rings (SSSR count). The number of unbranched alkanes of at least 4 members (excludes halogenated alkanes) is 1. The first-order valence-corrected chi connectivity index (χ1v) is 10.4. The van der Waals surface area contributed by atoms with Crippen molar-refractivity contribution in [1.29, 1.82) is 0 Å². The summed E-state index contributed by atoms with van der Waals surface area (Å²) in [6.45, 7) is 3.21. The molecule has 1 aliphatic heterocycles. The lowest BCUT2D eigenvalue weighted by molar-refractivity contribution is -0.150. The number of rotatable bonds is 6. The van der Waals surface area contributed by atoms with Crippen molar-refractivity contribution in [3.63, 3.8) is 0 Å². The average Bonchev–Trinajstić information content (AvgIpc) is 2.67. The van der Waals surface area contributed by atoms with Gasteiger partial charge in [-0.2, -0.15) is 0 Å². The second-order valence-corrected chi connectivity index (χ2v) is 8.22. The molecular formula is C22H31NO3. The maximum atomic E-state index is 11.6. The van der Waals surface area contributed by atoms with Crippen LogP contribution >= 0.6 is 0 Å². The Hall–Kier alpha value is -1.55. The maximum Gasteiger partial charge on any atom is 0.308 e. The van der Waals surface area contributed by atoms with E-state index in [4.69, 9.17) is 9.47 Å². The smallest absolute Gasteiger partial charge is 0.308 e. The fourth-order valence-electron chi connectivity index (χ4n) is 5.55. The molecule has 2 aliphatic carbocycles. The van der Waals surface area contributed by atoms with Gasteiger partial charge >= 0.3 is 5.97 Å². The third kappa shape index (κ3) is 3.24. The second-order valence-electron chi connectivity index (χ2n) is 8.22. The molecule has 26 heavy (non-hydrogen) atoms. The van der Waals surface area contributed by atoms with E-state index in [0.717, 1.165) is 37.5 Å². The topological polar surface area (TPSA) is 47.6 Å². The van der Waals surface area contributed by atoms with E-state index in [2.05, 4.69) is 24.4 Å². The van der Waals surface area contributed by atoms with Gasteiger partial charge in [-0.1, -0.05) is 32.3 Å². The van der Waals surface area contributed by atoms with E-state index in [9.17, 15) is 4.79 Å². The molecular weight excluding hydrogens is 326 g/mol. The third-order valence-electron chi connectivity index (χ3n) is 6.80. The molecule has 1 heterocycles. The summed E-state index contributed by atoms with van der Waals surface area (Å²) in [6, 6.07) is 7.15. The Balaban J connectivity index is 1.49. The van der Waals surface area contributed by atoms with Crippen molar-refractivity contribution >= 4 is 5.97 Å². The molecule has 142 valence electrons. The van der Waals surface area contributed by atoms with Crippen LogP contribution < -0.4 is 10.1 Å². The van der Waals surface area contributed by atoms with Gasteiger partial charge < -0.3 is 14.8 Å². The number of piperidine rings is 1. The van der Waals surface area contributed by atoms with Crippen LogP contribution in [0.1, 0.15) is 69.4 Å². The average molecular weight is 357 g/mol. The van der Waals surface area contributed by atoms with Gasteiger partial charge in [-0.15, -0.1) is 0 Å². The predicted molar refractivity (Wildman–Crippen MR) is 101 cm³/mol. The Bertz CT molecular complexity index is 655. The van der Waals surface area contributed by atoms with E-state index in [1.165, 1.54) is 43.2 Å². The molecule has 0 radical (unpaired) electrons. The second kappa shape index (κ2) is 7.59. The first-order valence-electron chi connectivity index (χ1n) is 10.4. The zero-order valence-corrected chi connectivity index (χ0v) is 15.9. The highest BCUT2D eigenvalue weighted by Gasteiger charge is 2.51. The minimum atomic E-state index is -0.169. The molecule has 2 fully saturated rings. The molecule has 4 heteroatoms. The molecule has 0 amide bonds. The Morgan fingerprint density at radius 1 is 1.31 bits per heavy atom. The highest BCUT2D eigenvalue weighted by atomic mass is 16.7. The summed E-state index contributed by atoms with van der Waals surface area (Å²) in [4.78, 5) is 11.6. The number of carbonyl (C=O) groups is 1. The number of ether oxygens (including phenoxy) is 2. The first-order chi connectivity index (χ1) is 12.7. The zero-order valence-electron chi connectivity index (χ0n) is 15.9. The molecule has 4 nitrogen and oxygen atoms in total. The number of hydrogen-bond acceptors (Lipinski definition) is 4. The Morgan fingerprint density at radius 3 is 3.12 bits per heavy atom. The third-order valence-corrected chi connectivity index (χ3v) is 6.80. The molecule has 3 aliphatic rings. The lowest BCUT2D eigenvalue weighted by atomic mass is 9.53. The van der Waals surface area contributed by atoms with E-state index in [1.54, 1.807) is 0 Å². The predicted octanol–water partition coefficient (Wildman–Crippen LogP) is 4.10. The monoisotopic (exact) mass is 357 g/mol. The number of esters is 1. The van der Waals surface area contributed by atoms with Crippen LogP contribution in [0.15, 0.2) is 18.2 Å². The van der Waals surface area contributed by atoms with Crippen LogP contribution in [0.3, 0.4) is 0 Å². The standard InChI is InChI=1S/C22H31NO3/c1-2-3-7-21(24)26-15-25-17-9-8-16-13-20-18-6-4-5-10-22(18,11-12-23-20)19(16)14-17/h8-9,14,18,20,23H,2-7,10-13,15H2,1H3/t18-,20+,22+/m1/s1. The molecule has 2 bridgehead atoms. The molecule has 1 aromatic carbocycles. The van der Waals surface area contributed by atoms with Crippen LogP contribution in [0.25, 0.3) is 0 Å². The van der Waals surface area contributed by atoms with Gasteiger partial charge in [-0.3, -0.25) is 4.79 Å². The van der Waals surface area contributed by atoms with E-state index < -0.39 is 0 Å². The van der Waals surface area contributed by atoms with Gasteiger partial charge in [0.2, 0.25) is 6.79 Å². The molecule has 1 saturated heterocycles. The summed E-state index contributed by atoms with van der Waals surface area (Å²) in [7, 11) is 0. The zero-order chi connectivity index (χ0) is 18.0. The Labute approximate surface area is 156 Å². The fourth-order valence-corrected chi connectivity index (χ4v) is 5.55. The van der Waals surface area contributed by atoms with E-state index in [-0.39, 0.29) is 12.8 Å². The molecule has 0 aromatic heterocycles. The van der Waals surface area contributed by atoms with Crippen molar-refractivity contribution < 1.29 is 14.3 Å². The fraction of sp³-hybridized carbons (Fsp3) is 0.682. The largest absolute Gasteiger partial charge is 0.457 e. The molecule has 0 unspecified atom stereocenters. The minimum Gasteiger partial charge on any atom is -0.457 e. The normalized spacial score (nSPS) is 29.4. The van der Waals surface area contributed by atoms with Crippen LogP contribution in [-0.4, -0.2) is 25.3 Å². The Morgan fingerprint density at radius 2 is 2.23 bits per heavy atom. The van der Waals surface area contributed by atoms with E-state index in [1.807, 2.05) is 6.07 Å². The molecule has 1 N–H and O–H groups in total. The van der Waals surface area contributed by atoms with Crippen molar-refractivity contribution in [1.82, 2.24) is 5.32 Å². The number of benzene rings is 1. The van der Waals surface area contributed by atoms with Crippen molar-refractivity contribution in [2.24, 2.45) is 5.92 Å². The van der Waals surface area contributed by atoms with Crippen LogP contribution in [0.5, 0.6) is 5.75 Å². The van der Waals surface area contributed by atoms with Crippen LogP contribution in [0.4, 0.5) is 0 Å². The SMILES string of the molecule is CCCCC(=O)OCOc1ccc2c(c1)[C@]13CCCC[C@@H]1[C@H](C2)NCC3. The van der Waals surface area contributed by atoms with E-state index in [0.29, 0.717) is 17.9 Å². The van der Waals surface area contributed by atoms with E-state index >= 15 is 0 Å². The van der Waals surface area contributed by atoms with Crippen molar-refractivity contribution in [2.75, 3.05) is 13.3 Å². The van der Waals surface area contributed by atoms with Gasteiger partial charge in [0.15, 0.2) is 0 Å². The first kappa shape index (κ1) is 17.8. The van der Waals surface area contributed by atoms with Gasteiger partial charge in [0, 0.05) is 17.9 Å². The van der Waals surface area contributed by atoms with Gasteiger partial charge in [0.05, 0.1) is 0 Å². The number of carbonyl (C=O) groups excluding carboxylic acids is 1. The molecule has 3 atom stereocenters. The molecule has 0 spiro atoms. The van der Waals surface area contributed by atoms with Gasteiger partial charge in [0.25, 0.3) is 0 Å². The lowest BCUT2D eigenvalue weighted by Crippen LogP contribution is -2.59. The van der Waals surface area contributed by atoms with Crippen molar-refractivity contribution in [3.8, 4) is 5.75 Å². The quantitative estimate of drug-likeness (QED) is 0.615. The molecule has 1 saturated carbocycles. The lowest BCUT2D eigenvalue weighted by Gasteiger charge is -2.56. The highest BCUT2D eigenvalue weighted by molar-refractivity contribution is 5.69. The highest BCUT2D eigenvalue weighted by Crippen LogP contribution is 2.54. The number of hydrogen-bond donors (Lipinski definition) is 1. The summed E-state index contributed by atoms with van der Waals surface area (Å²) in [6.07, 6.45) is 10.1. The summed E-state index contributed by atoms with van der Waals surface area (Å²) >= 11 is 0. The number of nitrogens with one attached hydrogen (secondary N) is 1. The molecule has 1 aromatic rings. The van der Waals surface area contributed by atoms with Crippen LogP contribution in [0, 0.1) is 5.92 Å². The maximum absolute atomic E-state index is 11.6. The van der Waals surface area contributed by atoms with Crippen LogP contribution in [0.2, 0.25) is 0 Å². The summed E-state index contributed by atoms with van der Waals surface area (Å²) in [5.74, 6) is 1.43. The Kier molecular flexibility index (Phi) is 5.21. The van der Waals surface area contributed by atoms with Gasteiger partial charge in [0.1, 0.15) is 5.75 Å². The summed E-state index contributed by atoms with van der Waals surface area (Å²) in [5, 5.41) is 3.77. The minimum absolute atomic E-state index is 0.0158. The number of fused-ring (bicyclic) bond motifs is 1. The van der Waals surface area contributed by atoms with Crippen LogP contribution in [-0.2, 0) is 21.4 Å². The summed E-state index contributed by atoms with van der Waals surface area (Å²) < 4.78 is 11.0.